The second kappa shape index (κ2) is 3.13. The first-order valence-corrected chi connectivity index (χ1v) is 4.94. The van der Waals surface area contributed by atoms with Crippen LogP contribution in [0.4, 0.5) is 0 Å². The van der Waals surface area contributed by atoms with Gasteiger partial charge in [0.2, 0.25) is 0 Å². The van der Waals surface area contributed by atoms with Gasteiger partial charge in [-0.05, 0) is 17.2 Å². The average molecular weight is 212 g/mol. The van der Waals surface area contributed by atoms with E-state index in [-0.39, 0.29) is 5.69 Å². The third-order valence-corrected chi connectivity index (χ3v) is 2.75. The molecule has 0 unspecified atom stereocenters. The van der Waals surface area contributed by atoms with Gasteiger partial charge in [-0.15, -0.1) is 5.10 Å². The summed E-state index contributed by atoms with van der Waals surface area (Å²) in [4.78, 5) is 10.8. The Morgan fingerprint density at radius 2 is 2.00 bits per heavy atom. The van der Waals surface area contributed by atoms with Crippen LogP contribution in [-0.2, 0) is 6.42 Å². The van der Waals surface area contributed by atoms with Gasteiger partial charge in [-0.2, -0.15) is 5.10 Å². The van der Waals surface area contributed by atoms with E-state index in [2.05, 4.69) is 10.2 Å². The Morgan fingerprint density at radius 3 is 2.81 bits per heavy atom. The molecular formula is C12H8N2O2. The van der Waals surface area contributed by atoms with Crippen molar-refractivity contribution in [1.82, 2.24) is 10.2 Å². The maximum absolute atomic E-state index is 10.8. The number of aromatic carboxylic acids is 1. The van der Waals surface area contributed by atoms with E-state index in [1.165, 1.54) is 5.56 Å². The number of aromatic nitrogens is 2. The average Bonchev–Trinajstić information content (AvgIpc) is 2.66. The van der Waals surface area contributed by atoms with Gasteiger partial charge in [0.25, 0.3) is 0 Å². The zero-order valence-corrected chi connectivity index (χ0v) is 8.34. The molecule has 3 rings (SSSR count). The number of carbonyl (C=O) groups is 1. The minimum atomic E-state index is -1.04. The molecule has 0 atom stereocenters. The van der Waals surface area contributed by atoms with Crippen LogP contribution in [-0.4, -0.2) is 21.3 Å². The van der Waals surface area contributed by atoms with Crippen molar-refractivity contribution in [1.29, 1.82) is 0 Å². The first-order valence-electron chi connectivity index (χ1n) is 4.94. The highest BCUT2D eigenvalue weighted by molar-refractivity contribution is 5.88. The molecule has 4 nitrogen and oxygen atoms in total. The second-order valence-corrected chi connectivity index (χ2v) is 3.73. The van der Waals surface area contributed by atoms with E-state index >= 15 is 0 Å². The Hall–Kier alpha value is -2.23. The molecule has 1 N–H and O–H groups in total. The van der Waals surface area contributed by atoms with Gasteiger partial charge in [0, 0.05) is 12.0 Å². The molecule has 1 aliphatic rings. The van der Waals surface area contributed by atoms with Crippen LogP contribution >= 0.6 is 0 Å². The fourth-order valence-corrected chi connectivity index (χ4v) is 2.00. The van der Waals surface area contributed by atoms with Crippen molar-refractivity contribution in [3.05, 3.63) is 47.3 Å². The Morgan fingerprint density at radius 1 is 1.19 bits per heavy atom. The summed E-state index contributed by atoms with van der Waals surface area (Å²) in [6, 6.07) is 9.51. The normalized spacial score (nSPS) is 12.0. The van der Waals surface area contributed by atoms with Gasteiger partial charge >= 0.3 is 5.97 Å². The molecule has 0 saturated heterocycles. The molecule has 1 aliphatic carbocycles. The summed E-state index contributed by atoms with van der Waals surface area (Å²) in [5.41, 5.74) is 3.98. The third kappa shape index (κ3) is 1.20. The fourth-order valence-electron chi connectivity index (χ4n) is 2.00. The lowest BCUT2D eigenvalue weighted by atomic mass is 10.1. The van der Waals surface area contributed by atoms with Gasteiger partial charge in [-0.25, -0.2) is 4.79 Å². The maximum atomic E-state index is 10.8. The zero-order chi connectivity index (χ0) is 11.1. The highest BCUT2D eigenvalue weighted by Crippen LogP contribution is 2.34. The molecule has 0 radical (unpaired) electrons. The molecule has 78 valence electrons. The summed E-state index contributed by atoms with van der Waals surface area (Å²) in [7, 11) is 0. The molecule has 4 heteroatoms. The van der Waals surface area contributed by atoms with E-state index in [9.17, 15) is 4.79 Å². The Bertz CT molecular complexity index is 593. The molecule has 0 saturated carbocycles. The van der Waals surface area contributed by atoms with E-state index in [1.54, 1.807) is 6.07 Å². The van der Waals surface area contributed by atoms with Crippen molar-refractivity contribution < 1.29 is 9.90 Å². The summed E-state index contributed by atoms with van der Waals surface area (Å²) in [6.07, 6.45) is 0.735. The summed E-state index contributed by atoms with van der Waals surface area (Å²) in [5, 5.41) is 16.5. The number of carboxylic acid groups (broad SMARTS) is 1. The lowest BCUT2D eigenvalue weighted by Gasteiger charge is -1.99. The molecule has 2 aromatic rings. The predicted molar refractivity (Wildman–Crippen MR) is 57.2 cm³/mol. The van der Waals surface area contributed by atoms with Crippen LogP contribution < -0.4 is 0 Å². The fraction of sp³-hybridized carbons (Fsp3) is 0.0833. The first-order chi connectivity index (χ1) is 7.75. The summed E-state index contributed by atoms with van der Waals surface area (Å²) < 4.78 is 0. The molecule has 0 bridgehead atoms. The van der Waals surface area contributed by atoms with Crippen LogP contribution in [0.25, 0.3) is 11.1 Å². The smallest absolute Gasteiger partial charge is 0.356 e. The SMILES string of the molecule is O=C(O)c1cc2c(nn1)Cc1ccccc1-2. The van der Waals surface area contributed by atoms with Gasteiger partial charge in [0.15, 0.2) is 5.69 Å². The minimum Gasteiger partial charge on any atom is -0.476 e. The highest BCUT2D eigenvalue weighted by Gasteiger charge is 2.21. The summed E-state index contributed by atoms with van der Waals surface area (Å²) in [5.74, 6) is -1.04. The first kappa shape index (κ1) is 9.03. The van der Waals surface area contributed by atoms with Crippen LogP contribution in [0.3, 0.4) is 0 Å². The quantitative estimate of drug-likeness (QED) is 0.667. The van der Waals surface area contributed by atoms with Crippen LogP contribution in [0, 0.1) is 0 Å². The van der Waals surface area contributed by atoms with E-state index < -0.39 is 5.97 Å². The molecule has 0 fully saturated rings. The van der Waals surface area contributed by atoms with E-state index in [1.807, 2.05) is 24.3 Å². The molecule has 1 aromatic heterocycles. The Labute approximate surface area is 91.6 Å². The standard InChI is InChI=1S/C12H8N2O2/c15-12(16)11-6-9-8-4-2-1-3-7(8)5-10(9)13-14-11/h1-4,6H,5H2,(H,15,16). The molecule has 1 aromatic carbocycles. The largest absolute Gasteiger partial charge is 0.476 e. The van der Waals surface area contributed by atoms with E-state index in [4.69, 9.17) is 5.11 Å². The second-order valence-electron chi connectivity index (χ2n) is 3.73. The van der Waals surface area contributed by atoms with Crippen LogP contribution in [0.2, 0.25) is 0 Å². The van der Waals surface area contributed by atoms with Crippen molar-refractivity contribution in [2.45, 2.75) is 6.42 Å². The summed E-state index contributed by atoms with van der Waals surface area (Å²) in [6.45, 7) is 0. The molecule has 0 spiro atoms. The van der Waals surface area contributed by atoms with Crippen molar-refractivity contribution >= 4 is 5.97 Å². The van der Waals surface area contributed by atoms with Crippen molar-refractivity contribution in [2.24, 2.45) is 0 Å². The van der Waals surface area contributed by atoms with Crippen molar-refractivity contribution in [3.8, 4) is 11.1 Å². The van der Waals surface area contributed by atoms with Crippen LogP contribution in [0.15, 0.2) is 30.3 Å². The van der Waals surface area contributed by atoms with Crippen molar-refractivity contribution in [3.63, 3.8) is 0 Å². The van der Waals surface area contributed by atoms with Gasteiger partial charge in [-0.1, -0.05) is 24.3 Å². The molecule has 16 heavy (non-hydrogen) atoms. The molecule has 0 aliphatic heterocycles. The van der Waals surface area contributed by atoms with Crippen LogP contribution in [0.5, 0.6) is 0 Å². The predicted octanol–water partition coefficient (Wildman–Crippen LogP) is 1.75. The third-order valence-electron chi connectivity index (χ3n) is 2.75. The number of hydrogen-bond acceptors (Lipinski definition) is 3. The summed E-state index contributed by atoms with van der Waals surface area (Å²) >= 11 is 0. The topological polar surface area (TPSA) is 63.1 Å². The minimum absolute atomic E-state index is 0.00421. The number of hydrogen-bond donors (Lipinski definition) is 1. The number of rotatable bonds is 1. The zero-order valence-electron chi connectivity index (χ0n) is 8.34. The van der Waals surface area contributed by atoms with Gasteiger partial charge in [-0.3, -0.25) is 0 Å². The lowest BCUT2D eigenvalue weighted by molar-refractivity contribution is 0.0689. The van der Waals surface area contributed by atoms with Gasteiger partial charge in [0.1, 0.15) is 0 Å². The number of benzene rings is 1. The number of fused-ring (bicyclic) bond motifs is 3. The van der Waals surface area contributed by atoms with Gasteiger partial charge < -0.3 is 5.11 Å². The number of nitrogens with zero attached hydrogens (tertiary/aromatic N) is 2. The lowest BCUT2D eigenvalue weighted by Crippen LogP contribution is -2.03. The molecular weight excluding hydrogens is 204 g/mol. The Kier molecular flexibility index (Phi) is 1.77. The van der Waals surface area contributed by atoms with E-state index in [0.717, 1.165) is 23.2 Å². The van der Waals surface area contributed by atoms with Crippen LogP contribution in [0.1, 0.15) is 21.7 Å². The Balaban J connectivity index is 2.22. The molecule has 1 heterocycles. The molecule has 0 amide bonds. The highest BCUT2D eigenvalue weighted by atomic mass is 16.4. The van der Waals surface area contributed by atoms with Gasteiger partial charge in [0.05, 0.1) is 5.69 Å². The maximum Gasteiger partial charge on any atom is 0.356 e. The monoisotopic (exact) mass is 212 g/mol. The number of carboxylic acids is 1. The van der Waals surface area contributed by atoms with E-state index in [0.29, 0.717) is 0 Å². The van der Waals surface area contributed by atoms with Crippen molar-refractivity contribution in [2.75, 3.05) is 0 Å².